The molecule has 0 aliphatic carbocycles. The van der Waals surface area contributed by atoms with Gasteiger partial charge in [0.25, 0.3) is 11.8 Å². The van der Waals surface area contributed by atoms with Gasteiger partial charge in [-0.15, -0.1) is 5.06 Å². The topological polar surface area (TPSA) is 72.9 Å². The maximum absolute atomic E-state index is 12.3. The lowest BCUT2D eigenvalue weighted by atomic mass is 10.1. The summed E-state index contributed by atoms with van der Waals surface area (Å²) in [4.78, 5) is 42.1. The lowest BCUT2D eigenvalue weighted by Gasteiger charge is -2.20. The number of amides is 2. The van der Waals surface area contributed by atoms with Gasteiger partial charge < -0.3 is 4.74 Å². The largest absolute Gasteiger partial charge is 0.467 e. The molecule has 1 heterocycles. The van der Waals surface area contributed by atoms with Crippen LogP contribution in [-0.2, 0) is 20.8 Å². The first-order valence-corrected chi connectivity index (χ1v) is 7.38. The Morgan fingerprint density at radius 2 is 1.50 bits per heavy atom. The molecular weight excluding hydrogens is 310 g/mol. The molecular formula is C18H15NO5. The van der Waals surface area contributed by atoms with Gasteiger partial charge in [0.1, 0.15) is 0 Å². The van der Waals surface area contributed by atoms with Crippen molar-refractivity contribution in [2.45, 2.75) is 12.5 Å². The third kappa shape index (κ3) is 2.91. The van der Waals surface area contributed by atoms with E-state index in [1.807, 2.05) is 30.3 Å². The minimum Gasteiger partial charge on any atom is -0.467 e. The molecule has 0 fully saturated rings. The molecule has 0 saturated carbocycles. The first-order valence-electron chi connectivity index (χ1n) is 7.38. The van der Waals surface area contributed by atoms with E-state index >= 15 is 0 Å². The lowest BCUT2D eigenvalue weighted by molar-refractivity contribution is -0.177. The van der Waals surface area contributed by atoms with Crippen LogP contribution in [0.25, 0.3) is 0 Å². The van der Waals surface area contributed by atoms with E-state index in [0.29, 0.717) is 5.06 Å². The Hall–Kier alpha value is -2.99. The Morgan fingerprint density at radius 3 is 2.04 bits per heavy atom. The number of esters is 1. The van der Waals surface area contributed by atoms with Crippen LogP contribution in [0.2, 0.25) is 0 Å². The third-order valence-corrected chi connectivity index (χ3v) is 3.72. The molecule has 2 amide bonds. The average Bonchev–Trinajstić information content (AvgIpc) is 2.86. The maximum Gasteiger partial charge on any atom is 0.338 e. The SMILES string of the molecule is COC(=O)[C@H](Cc1ccccc1)ON1C(=O)c2ccccc2C1=O. The zero-order valence-electron chi connectivity index (χ0n) is 13.0. The van der Waals surface area contributed by atoms with Crippen LogP contribution in [0.15, 0.2) is 54.6 Å². The van der Waals surface area contributed by atoms with E-state index in [1.54, 1.807) is 24.3 Å². The van der Waals surface area contributed by atoms with Crippen molar-refractivity contribution in [2.75, 3.05) is 7.11 Å². The van der Waals surface area contributed by atoms with Gasteiger partial charge in [0.05, 0.1) is 18.2 Å². The summed E-state index contributed by atoms with van der Waals surface area (Å²) in [5.41, 5.74) is 1.33. The second kappa shape index (κ2) is 6.64. The van der Waals surface area contributed by atoms with Crippen molar-refractivity contribution in [1.29, 1.82) is 0 Å². The zero-order valence-corrected chi connectivity index (χ0v) is 13.0. The van der Waals surface area contributed by atoms with E-state index in [0.717, 1.165) is 5.56 Å². The fraction of sp³-hybridized carbons (Fsp3) is 0.167. The summed E-state index contributed by atoms with van der Waals surface area (Å²) in [5, 5.41) is 0.634. The van der Waals surface area contributed by atoms with Gasteiger partial charge >= 0.3 is 5.97 Å². The van der Waals surface area contributed by atoms with Crippen LogP contribution in [0.5, 0.6) is 0 Å². The van der Waals surface area contributed by atoms with Crippen LogP contribution in [0.3, 0.4) is 0 Å². The van der Waals surface area contributed by atoms with Gasteiger partial charge in [-0.3, -0.25) is 9.59 Å². The predicted molar refractivity (Wildman–Crippen MR) is 84.0 cm³/mol. The number of ether oxygens (including phenoxy) is 1. The summed E-state index contributed by atoms with van der Waals surface area (Å²) in [6, 6.07) is 15.6. The van der Waals surface area contributed by atoms with Crippen molar-refractivity contribution < 1.29 is 24.0 Å². The third-order valence-electron chi connectivity index (χ3n) is 3.72. The average molecular weight is 325 g/mol. The highest BCUT2D eigenvalue weighted by Gasteiger charge is 2.39. The summed E-state index contributed by atoms with van der Waals surface area (Å²) in [6.45, 7) is 0. The molecule has 6 nitrogen and oxygen atoms in total. The van der Waals surface area contributed by atoms with E-state index < -0.39 is 23.9 Å². The number of hydrogen-bond donors (Lipinski definition) is 0. The molecule has 0 spiro atoms. The molecule has 0 N–H and O–H groups in total. The minimum absolute atomic E-state index is 0.181. The van der Waals surface area contributed by atoms with Gasteiger partial charge in [-0.05, 0) is 17.7 Å². The number of rotatable bonds is 5. The highest BCUT2D eigenvalue weighted by atomic mass is 16.7. The Kier molecular flexibility index (Phi) is 4.39. The molecule has 0 radical (unpaired) electrons. The summed E-state index contributed by atoms with van der Waals surface area (Å²) in [7, 11) is 1.23. The fourth-order valence-corrected chi connectivity index (χ4v) is 2.51. The van der Waals surface area contributed by atoms with Crippen molar-refractivity contribution in [3.05, 3.63) is 71.3 Å². The summed E-state index contributed by atoms with van der Waals surface area (Å²) < 4.78 is 4.73. The van der Waals surface area contributed by atoms with Crippen molar-refractivity contribution >= 4 is 17.8 Å². The lowest BCUT2D eigenvalue weighted by Crippen LogP contribution is -2.39. The summed E-state index contributed by atoms with van der Waals surface area (Å²) in [5.74, 6) is -1.83. The monoisotopic (exact) mass is 325 g/mol. The quantitative estimate of drug-likeness (QED) is 0.621. The van der Waals surface area contributed by atoms with E-state index in [1.165, 1.54) is 7.11 Å². The standard InChI is InChI=1S/C18H15NO5/c1-23-18(22)15(11-12-7-3-2-4-8-12)24-19-16(20)13-9-5-6-10-14(13)17(19)21/h2-10,15H,11H2,1H3/t15-/m0/s1. The minimum atomic E-state index is -1.10. The smallest absolute Gasteiger partial charge is 0.338 e. The van der Waals surface area contributed by atoms with Crippen LogP contribution in [-0.4, -0.2) is 36.1 Å². The van der Waals surface area contributed by atoms with Crippen LogP contribution < -0.4 is 0 Å². The van der Waals surface area contributed by atoms with Crippen molar-refractivity contribution in [3.63, 3.8) is 0 Å². The van der Waals surface area contributed by atoms with Crippen LogP contribution in [0.1, 0.15) is 26.3 Å². The Labute approximate surface area is 138 Å². The molecule has 3 rings (SSSR count). The number of benzene rings is 2. The number of fused-ring (bicyclic) bond motifs is 1. The van der Waals surface area contributed by atoms with Gasteiger partial charge in [0.15, 0.2) is 6.10 Å². The molecule has 2 aromatic carbocycles. The van der Waals surface area contributed by atoms with Crippen molar-refractivity contribution in [2.24, 2.45) is 0 Å². The van der Waals surface area contributed by atoms with Gasteiger partial charge in [0, 0.05) is 6.42 Å². The maximum atomic E-state index is 12.3. The Bertz CT molecular complexity index is 752. The molecule has 1 aliphatic rings. The molecule has 0 unspecified atom stereocenters. The first kappa shape index (κ1) is 15.9. The molecule has 0 aromatic heterocycles. The van der Waals surface area contributed by atoms with E-state index in [2.05, 4.69) is 0 Å². The molecule has 2 aromatic rings. The normalized spacial score (nSPS) is 14.5. The number of hydroxylamine groups is 2. The molecule has 0 bridgehead atoms. The van der Waals surface area contributed by atoms with E-state index in [9.17, 15) is 14.4 Å². The zero-order chi connectivity index (χ0) is 17.1. The van der Waals surface area contributed by atoms with Gasteiger partial charge in [0.2, 0.25) is 0 Å². The van der Waals surface area contributed by atoms with Gasteiger partial charge in [-0.1, -0.05) is 42.5 Å². The number of carbonyl (C=O) groups excluding carboxylic acids is 3. The number of methoxy groups -OCH3 is 1. The highest BCUT2D eigenvalue weighted by Crippen LogP contribution is 2.24. The van der Waals surface area contributed by atoms with E-state index in [-0.39, 0.29) is 17.5 Å². The molecule has 24 heavy (non-hydrogen) atoms. The molecule has 1 atom stereocenters. The van der Waals surface area contributed by atoms with Crippen molar-refractivity contribution in [1.82, 2.24) is 5.06 Å². The van der Waals surface area contributed by atoms with Crippen molar-refractivity contribution in [3.8, 4) is 0 Å². The molecule has 122 valence electrons. The van der Waals surface area contributed by atoms with Crippen LogP contribution in [0.4, 0.5) is 0 Å². The first-order chi connectivity index (χ1) is 11.6. The van der Waals surface area contributed by atoms with Gasteiger partial charge in [-0.25, -0.2) is 9.63 Å². The van der Waals surface area contributed by atoms with Crippen LogP contribution >= 0.6 is 0 Å². The highest BCUT2D eigenvalue weighted by molar-refractivity contribution is 6.20. The molecule has 1 aliphatic heterocycles. The molecule has 6 heteroatoms. The van der Waals surface area contributed by atoms with Crippen LogP contribution in [0, 0.1) is 0 Å². The van der Waals surface area contributed by atoms with Gasteiger partial charge in [-0.2, -0.15) is 0 Å². The van der Waals surface area contributed by atoms with E-state index in [4.69, 9.17) is 9.57 Å². The summed E-state index contributed by atoms with van der Waals surface area (Å²) >= 11 is 0. The number of hydrogen-bond acceptors (Lipinski definition) is 5. The molecule has 0 saturated heterocycles. The number of imide groups is 1. The summed E-state index contributed by atoms with van der Waals surface area (Å²) in [6.07, 6.45) is -0.916. The predicted octanol–water partition coefficient (Wildman–Crippen LogP) is 2.00. The fourth-order valence-electron chi connectivity index (χ4n) is 2.51. The second-order valence-electron chi connectivity index (χ2n) is 5.26. The Morgan fingerprint density at radius 1 is 0.958 bits per heavy atom. The second-order valence-corrected chi connectivity index (χ2v) is 5.26. The Balaban J connectivity index is 1.82. The number of nitrogens with zero attached hydrogens (tertiary/aromatic N) is 1. The number of carbonyl (C=O) groups is 3.